The lowest BCUT2D eigenvalue weighted by Gasteiger charge is -2.43. The molecule has 0 saturated carbocycles. The molecule has 3 aromatic rings. The normalized spacial score (nSPS) is 13.6. The minimum absolute atomic E-state index is 0.108. The molecule has 0 amide bonds. The number of methoxy groups -OCH3 is 1. The Labute approximate surface area is 217 Å². The standard InChI is InChI=1S/C31H38O4Si/c1-6-27(34-24-25-17-19-28(33-5)20-18-25)23-26(32)21-22-35-36(31(2,3)4,29-13-9-7-10-14-29)30-15-11-8-12-16-30/h1,7-20,26-27,32H,21-24H2,2-5H3/t26-,27+/m1/s1. The van der Waals surface area contributed by atoms with E-state index in [0.29, 0.717) is 26.1 Å². The molecule has 4 nitrogen and oxygen atoms in total. The summed E-state index contributed by atoms with van der Waals surface area (Å²) in [7, 11) is -0.987. The fourth-order valence-electron chi connectivity index (χ4n) is 4.58. The molecule has 0 unspecified atom stereocenters. The van der Waals surface area contributed by atoms with Gasteiger partial charge in [0.15, 0.2) is 0 Å². The van der Waals surface area contributed by atoms with Gasteiger partial charge in [0.1, 0.15) is 11.9 Å². The molecular formula is C31H38O4Si. The molecule has 0 fully saturated rings. The van der Waals surface area contributed by atoms with E-state index >= 15 is 0 Å². The van der Waals surface area contributed by atoms with Crippen molar-refractivity contribution in [2.75, 3.05) is 13.7 Å². The van der Waals surface area contributed by atoms with Crippen LogP contribution in [-0.2, 0) is 15.8 Å². The first-order valence-electron chi connectivity index (χ1n) is 12.4. The average Bonchev–Trinajstić information content (AvgIpc) is 2.89. The number of terminal acetylenes is 1. The Morgan fingerprint density at radius 2 is 1.44 bits per heavy atom. The molecular weight excluding hydrogens is 464 g/mol. The van der Waals surface area contributed by atoms with Crippen LogP contribution in [0.25, 0.3) is 0 Å². The van der Waals surface area contributed by atoms with Gasteiger partial charge < -0.3 is 19.0 Å². The van der Waals surface area contributed by atoms with Crippen LogP contribution < -0.4 is 15.1 Å². The summed E-state index contributed by atoms with van der Waals surface area (Å²) < 4.78 is 18.0. The van der Waals surface area contributed by atoms with Gasteiger partial charge in [-0.2, -0.15) is 0 Å². The van der Waals surface area contributed by atoms with Gasteiger partial charge in [-0.1, -0.05) is 99.5 Å². The van der Waals surface area contributed by atoms with Gasteiger partial charge in [-0.15, -0.1) is 6.42 Å². The summed E-state index contributed by atoms with van der Waals surface area (Å²) in [5.74, 6) is 3.46. The monoisotopic (exact) mass is 502 g/mol. The number of ether oxygens (including phenoxy) is 2. The number of hydrogen-bond acceptors (Lipinski definition) is 4. The van der Waals surface area contributed by atoms with E-state index in [2.05, 4.69) is 75.2 Å². The zero-order valence-electron chi connectivity index (χ0n) is 21.8. The lowest BCUT2D eigenvalue weighted by molar-refractivity contribution is 0.0294. The van der Waals surface area contributed by atoms with E-state index in [0.717, 1.165) is 11.3 Å². The first-order valence-corrected chi connectivity index (χ1v) is 14.3. The third-order valence-electron chi connectivity index (χ3n) is 6.47. The summed E-state index contributed by atoms with van der Waals surface area (Å²) in [6.45, 7) is 7.56. The second-order valence-electron chi connectivity index (χ2n) is 10.0. The second kappa shape index (κ2) is 12.9. The van der Waals surface area contributed by atoms with Gasteiger partial charge in [0.05, 0.1) is 19.8 Å². The van der Waals surface area contributed by atoms with Gasteiger partial charge in [-0.05, 0) is 39.5 Å². The molecule has 190 valence electrons. The van der Waals surface area contributed by atoms with Crippen LogP contribution in [0.5, 0.6) is 5.75 Å². The maximum atomic E-state index is 10.8. The van der Waals surface area contributed by atoms with Crippen LogP contribution in [0, 0.1) is 12.3 Å². The molecule has 0 aliphatic carbocycles. The highest BCUT2D eigenvalue weighted by Gasteiger charge is 2.50. The maximum absolute atomic E-state index is 10.8. The van der Waals surface area contributed by atoms with E-state index in [-0.39, 0.29) is 5.04 Å². The Hall–Kier alpha value is -2.88. The third-order valence-corrected chi connectivity index (χ3v) is 11.5. The Bertz CT molecular complexity index is 1050. The molecule has 0 saturated heterocycles. The molecule has 0 spiro atoms. The molecule has 0 bridgehead atoms. The SMILES string of the molecule is C#C[C@@H](C[C@H](O)CCO[Si](c1ccccc1)(c1ccccc1)C(C)(C)C)OCc1ccc(OC)cc1. The molecule has 1 N–H and O–H groups in total. The lowest BCUT2D eigenvalue weighted by atomic mass is 10.1. The Kier molecular flexibility index (Phi) is 9.92. The van der Waals surface area contributed by atoms with E-state index in [1.807, 2.05) is 36.4 Å². The summed E-state index contributed by atoms with van der Waals surface area (Å²) >= 11 is 0. The van der Waals surface area contributed by atoms with Crippen molar-refractivity contribution < 1.29 is 19.0 Å². The average molecular weight is 503 g/mol. The highest BCUT2D eigenvalue weighted by molar-refractivity contribution is 6.99. The number of aliphatic hydroxyl groups excluding tert-OH is 1. The van der Waals surface area contributed by atoms with Crippen LogP contribution in [-0.4, -0.2) is 39.3 Å². The number of benzene rings is 3. The summed E-state index contributed by atoms with van der Waals surface area (Å²) in [5, 5.41) is 13.1. The molecule has 0 heterocycles. The molecule has 5 heteroatoms. The molecule has 0 radical (unpaired) electrons. The number of rotatable bonds is 12. The Morgan fingerprint density at radius 1 is 0.889 bits per heavy atom. The number of aliphatic hydroxyl groups is 1. The maximum Gasteiger partial charge on any atom is 0.261 e. The van der Waals surface area contributed by atoms with E-state index < -0.39 is 20.5 Å². The van der Waals surface area contributed by atoms with Crippen molar-refractivity contribution in [3.05, 3.63) is 90.5 Å². The van der Waals surface area contributed by atoms with Gasteiger partial charge in [0.2, 0.25) is 0 Å². The van der Waals surface area contributed by atoms with E-state index in [1.54, 1.807) is 7.11 Å². The summed E-state index contributed by atoms with van der Waals surface area (Å²) in [6.07, 6.45) is 5.44. The first kappa shape index (κ1) is 27.7. The third kappa shape index (κ3) is 6.87. The van der Waals surface area contributed by atoms with E-state index in [9.17, 15) is 5.11 Å². The summed E-state index contributed by atoms with van der Waals surface area (Å²) in [4.78, 5) is 0. The Morgan fingerprint density at radius 3 is 1.92 bits per heavy atom. The minimum atomic E-state index is -2.62. The van der Waals surface area contributed by atoms with Crippen molar-refractivity contribution in [1.82, 2.24) is 0 Å². The minimum Gasteiger partial charge on any atom is -0.497 e. The second-order valence-corrected chi connectivity index (χ2v) is 14.3. The number of hydrogen-bond donors (Lipinski definition) is 1. The zero-order chi connectivity index (χ0) is 26.0. The van der Waals surface area contributed by atoms with Gasteiger partial charge in [0, 0.05) is 13.0 Å². The van der Waals surface area contributed by atoms with Crippen molar-refractivity contribution in [3.8, 4) is 18.1 Å². The van der Waals surface area contributed by atoms with Gasteiger partial charge in [0.25, 0.3) is 8.32 Å². The molecule has 36 heavy (non-hydrogen) atoms. The molecule has 0 aliphatic heterocycles. The van der Waals surface area contributed by atoms with Crippen molar-refractivity contribution in [2.45, 2.75) is 57.5 Å². The van der Waals surface area contributed by atoms with Crippen molar-refractivity contribution in [2.24, 2.45) is 0 Å². The van der Waals surface area contributed by atoms with Crippen LogP contribution in [0.1, 0.15) is 39.2 Å². The molecule has 3 rings (SSSR count). The van der Waals surface area contributed by atoms with Crippen molar-refractivity contribution >= 4 is 18.7 Å². The van der Waals surface area contributed by atoms with Gasteiger partial charge in [-0.25, -0.2) is 0 Å². The molecule has 0 aromatic heterocycles. The van der Waals surface area contributed by atoms with Crippen LogP contribution in [0.3, 0.4) is 0 Å². The molecule has 3 aromatic carbocycles. The van der Waals surface area contributed by atoms with Crippen molar-refractivity contribution in [3.63, 3.8) is 0 Å². The first-order chi connectivity index (χ1) is 17.3. The smallest absolute Gasteiger partial charge is 0.261 e. The Balaban J connectivity index is 1.66. The summed E-state index contributed by atoms with van der Waals surface area (Å²) in [5.41, 5.74) is 1.00. The van der Waals surface area contributed by atoms with Gasteiger partial charge in [-0.3, -0.25) is 0 Å². The van der Waals surface area contributed by atoms with E-state index in [4.69, 9.17) is 20.3 Å². The van der Waals surface area contributed by atoms with Crippen LogP contribution in [0.15, 0.2) is 84.9 Å². The fraction of sp³-hybridized carbons (Fsp3) is 0.355. The predicted octanol–water partition coefficient (Wildman–Crippen LogP) is 4.93. The predicted molar refractivity (Wildman–Crippen MR) is 149 cm³/mol. The van der Waals surface area contributed by atoms with Crippen LogP contribution in [0.2, 0.25) is 5.04 Å². The molecule has 0 aliphatic rings. The topological polar surface area (TPSA) is 47.9 Å². The highest BCUT2D eigenvalue weighted by atomic mass is 28.4. The zero-order valence-corrected chi connectivity index (χ0v) is 22.8. The van der Waals surface area contributed by atoms with Crippen LogP contribution in [0.4, 0.5) is 0 Å². The summed E-state index contributed by atoms with van der Waals surface area (Å²) in [6, 6.07) is 28.7. The highest BCUT2D eigenvalue weighted by Crippen LogP contribution is 2.36. The largest absolute Gasteiger partial charge is 0.497 e. The quantitative estimate of drug-likeness (QED) is 0.282. The fourth-order valence-corrected chi connectivity index (χ4v) is 9.16. The molecule has 2 atom stereocenters. The van der Waals surface area contributed by atoms with Crippen LogP contribution >= 0.6 is 0 Å². The van der Waals surface area contributed by atoms with Gasteiger partial charge >= 0.3 is 0 Å². The lowest BCUT2D eigenvalue weighted by Crippen LogP contribution is -2.66. The van der Waals surface area contributed by atoms with Crippen molar-refractivity contribution in [1.29, 1.82) is 0 Å². The van der Waals surface area contributed by atoms with E-state index in [1.165, 1.54) is 10.4 Å².